The lowest BCUT2D eigenvalue weighted by Gasteiger charge is -2.36. The number of fused-ring (bicyclic) bond motifs is 1. The largest absolute Gasteiger partial charge is 0.343 e. The lowest BCUT2D eigenvalue weighted by molar-refractivity contribution is -0.130. The molecule has 2 amide bonds. The maximum Gasteiger partial charge on any atom is 0.274 e. The number of rotatable bonds is 2. The van der Waals surface area contributed by atoms with Gasteiger partial charge in [0.25, 0.3) is 5.91 Å². The Morgan fingerprint density at radius 1 is 1.30 bits per heavy atom. The Morgan fingerprint density at radius 2 is 2.00 bits per heavy atom. The van der Waals surface area contributed by atoms with E-state index in [0.29, 0.717) is 18.8 Å². The van der Waals surface area contributed by atoms with Crippen molar-refractivity contribution in [2.45, 2.75) is 32.7 Å². The molecule has 3 rings (SSSR count). The predicted octanol–water partition coefficient (Wildman–Crippen LogP) is 1.73. The number of likely N-dealkylation sites (tertiary alicyclic amines) is 1. The molecule has 0 aromatic carbocycles. The molecule has 1 aliphatic rings. The smallest absolute Gasteiger partial charge is 0.274 e. The van der Waals surface area contributed by atoms with Crippen LogP contribution in [0.3, 0.4) is 0 Å². The highest BCUT2D eigenvalue weighted by Crippen LogP contribution is 2.18. The number of aromatic nitrogens is 2. The monoisotopic (exact) mass is 314 g/mol. The van der Waals surface area contributed by atoms with Crippen LogP contribution in [0.1, 0.15) is 35.8 Å². The van der Waals surface area contributed by atoms with Crippen molar-refractivity contribution in [1.29, 1.82) is 0 Å². The second kappa shape index (κ2) is 6.02. The Morgan fingerprint density at radius 3 is 2.65 bits per heavy atom. The van der Waals surface area contributed by atoms with E-state index >= 15 is 0 Å². The minimum Gasteiger partial charge on any atom is -0.343 e. The zero-order valence-corrected chi connectivity index (χ0v) is 13.8. The fourth-order valence-electron chi connectivity index (χ4n) is 3.06. The molecule has 0 unspecified atom stereocenters. The van der Waals surface area contributed by atoms with Gasteiger partial charge in [0, 0.05) is 45.5 Å². The van der Waals surface area contributed by atoms with Crippen molar-refractivity contribution < 1.29 is 9.59 Å². The summed E-state index contributed by atoms with van der Waals surface area (Å²) in [5, 5.41) is 0. The lowest BCUT2D eigenvalue weighted by atomic mass is 10.0. The summed E-state index contributed by atoms with van der Waals surface area (Å²) in [6.07, 6.45) is 5.33. The van der Waals surface area contributed by atoms with Crippen LogP contribution in [-0.2, 0) is 4.79 Å². The molecule has 0 radical (unpaired) electrons. The van der Waals surface area contributed by atoms with Gasteiger partial charge in [-0.05, 0) is 37.5 Å². The van der Waals surface area contributed by atoms with E-state index < -0.39 is 0 Å². The summed E-state index contributed by atoms with van der Waals surface area (Å²) in [6, 6.07) is 4.18. The zero-order chi connectivity index (χ0) is 16.6. The van der Waals surface area contributed by atoms with E-state index in [4.69, 9.17) is 0 Å². The van der Waals surface area contributed by atoms with Crippen LogP contribution in [0.25, 0.3) is 5.65 Å². The molecule has 3 heterocycles. The first kappa shape index (κ1) is 15.5. The Bertz CT molecular complexity index is 744. The number of piperidine rings is 1. The maximum absolute atomic E-state index is 12.6. The number of nitrogens with zero attached hydrogens (tertiary/aromatic N) is 4. The zero-order valence-electron chi connectivity index (χ0n) is 13.8. The van der Waals surface area contributed by atoms with Gasteiger partial charge in [-0.3, -0.25) is 9.59 Å². The third kappa shape index (κ3) is 3.06. The summed E-state index contributed by atoms with van der Waals surface area (Å²) in [4.78, 5) is 32.1. The third-order valence-electron chi connectivity index (χ3n) is 4.63. The van der Waals surface area contributed by atoms with Crippen LogP contribution in [0.2, 0.25) is 0 Å². The second-order valence-electron chi connectivity index (χ2n) is 6.25. The molecule has 1 fully saturated rings. The van der Waals surface area contributed by atoms with Gasteiger partial charge in [-0.15, -0.1) is 0 Å². The first-order valence-electron chi connectivity index (χ1n) is 7.94. The fraction of sp³-hybridized carbons (Fsp3) is 0.471. The summed E-state index contributed by atoms with van der Waals surface area (Å²) < 4.78 is 1.87. The SMILES string of the molecule is CC(=O)N(C)C1CCN(C(=O)c2cn3ccc(C)cc3n2)CC1. The van der Waals surface area contributed by atoms with Crippen molar-refractivity contribution >= 4 is 17.5 Å². The molecule has 0 saturated carbocycles. The predicted molar refractivity (Wildman–Crippen MR) is 87.3 cm³/mol. The van der Waals surface area contributed by atoms with Gasteiger partial charge in [-0.1, -0.05) is 0 Å². The van der Waals surface area contributed by atoms with Gasteiger partial charge >= 0.3 is 0 Å². The third-order valence-corrected chi connectivity index (χ3v) is 4.63. The number of hydrogen-bond acceptors (Lipinski definition) is 3. The van der Waals surface area contributed by atoms with Gasteiger partial charge in [-0.25, -0.2) is 4.98 Å². The topological polar surface area (TPSA) is 57.9 Å². The number of amides is 2. The highest BCUT2D eigenvalue weighted by molar-refractivity contribution is 5.93. The van der Waals surface area contributed by atoms with E-state index in [0.717, 1.165) is 24.1 Å². The van der Waals surface area contributed by atoms with E-state index in [-0.39, 0.29) is 17.9 Å². The van der Waals surface area contributed by atoms with Crippen molar-refractivity contribution in [2.75, 3.05) is 20.1 Å². The highest BCUT2D eigenvalue weighted by atomic mass is 16.2. The maximum atomic E-state index is 12.6. The molecule has 2 aromatic heterocycles. The van der Waals surface area contributed by atoms with Crippen LogP contribution >= 0.6 is 0 Å². The Hall–Kier alpha value is -2.37. The average Bonchev–Trinajstić information content (AvgIpc) is 2.96. The summed E-state index contributed by atoms with van der Waals surface area (Å²) >= 11 is 0. The van der Waals surface area contributed by atoms with E-state index in [1.165, 1.54) is 0 Å². The molecule has 6 nitrogen and oxygen atoms in total. The van der Waals surface area contributed by atoms with Gasteiger partial charge in [0.2, 0.25) is 5.91 Å². The van der Waals surface area contributed by atoms with Crippen LogP contribution in [0, 0.1) is 6.92 Å². The molecule has 0 aliphatic carbocycles. The van der Waals surface area contributed by atoms with Crippen LogP contribution in [-0.4, -0.2) is 57.2 Å². The second-order valence-corrected chi connectivity index (χ2v) is 6.25. The van der Waals surface area contributed by atoms with Gasteiger partial charge in [0.05, 0.1) is 0 Å². The number of hydrogen-bond donors (Lipinski definition) is 0. The minimum atomic E-state index is -0.0321. The van der Waals surface area contributed by atoms with Crippen molar-refractivity contribution in [2.24, 2.45) is 0 Å². The molecule has 0 N–H and O–H groups in total. The van der Waals surface area contributed by atoms with Crippen LogP contribution in [0.4, 0.5) is 0 Å². The van der Waals surface area contributed by atoms with Crippen LogP contribution in [0.5, 0.6) is 0 Å². The molecule has 23 heavy (non-hydrogen) atoms. The van der Waals surface area contributed by atoms with Gasteiger partial charge in [0.15, 0.2) is 0 Å². The molecule has 122 valence electrons. The first-order valence-corrected chi connectivity index (χ1v) is 7.94. The molecule has 1 aliphatic heterocycles. The summed E-state index contributed by atoms with van der Waals surface area (Å²) in [5.41, 5.74) is 2.39. The van der Waals surface area contributed by atoms with Crippen molar-refractivity contribution in [3.05, 3.63) is 35.8 Å². The van der Waals surface area contributed by atoms with E-state index in [1.54, 1.807) is 18.0 Å². The summed E-state index contributed by atoms with van der Waals surface area (Å²) in [6.45, 7) is 4.91. The lowest BCUT2D eigenvalue weighted by Crippen LogP contribution is -2.46. The first-order chi connectivity index (χ1) is 11.0. The van der Waals surface area contributed by atoms with E-state index in [1.807, 2.05) is 41.6 Å². The Kier molecular flexibility index (Phi) is 4.07. The van der Waals surface area contributed by atoms with Crippen molar-refractivity contribution in [3.8, 4) is 0 Å². The van der Waals surface area contributed by atoms with E-state index in [9.17, 15) is 9.59 Å². The highest BCUT2D eigenvalue weighted by Gasteiger charge is 2.27. The number of imidazole rings is 1. The normalized spacial score (nSPS) is 15.9. The number of carbonyl (C=O) groups is 2. The van der Waals surface area contributed by atoms with Gasteiger partial charge in [-0.2, -0.15) is 0 Å². The molecule has 0 spiro atoms. The molecule has 6 heteroatoms. The standard InChI is InChI=1S/C17H22N4O2/c1-12-4-7-21-11-15(18-16(21)10-12)17(23)20-8-5-14(6-9-20)19(3)13(2)22/h4,7,10-11,14H,5-6,8-9H2,1-3H3. The van der Waals surface area contributed by atoms with Gasteiger partial charge in [0.1, 0.15) is 11.3 Å². The number of aryl methyl sites for hydroxylation is 1. The van der Waals surface area contributed by atoms with Gasteiger partial charge < -0.3 is 14.2 Å². The number of carbonyl (C=O) groups excluding carboxylic acids is 2. The molecule has 0 atom stereocenters. The Labute approximate surface area is 135 Å². The number of pyridine rings is 1. The molecular weight excluding hydrogens is 292 g/mol. The fourth-order valence-corrected chi connectivity index (χ4v) is 3.06. The molecular formula is C17H22N4O2. The molecule has 1 saturated heterocycles. The van der Waals surface area contributed by atoms with Crippen molar-refractivity contribution in [3.63, 3.8) is 0 Å². The van der Waals surface area contributed by atoms with Crippen LogP contribution in [0.15, 0.2) is 24.5 Å². The van der Waals surface area contributed by atoms with Crippen molar-refractivity contribution in [1.82, 2.24) is 19.2 Å². The minimum absolute atomic E-state index is 0.0321. The summed E-state index contributed by atoms with van der Waals surface area (Å²) in [7, 11) is 1.83. The van der Waals surface area contributed by atoms with E-state index in [2.05, 4.69) is 4.98 Å². The average molecular weight is 314 g/mol. The summed E-state index contributed by atoms with van der Waals surface area (Å²) in [5.74, 6) is 0.0424. The van der Waals surface area contributed by atoms with Crippen LogP contribution < -0.4 is 0 Å². The molecule has 0 bridgehead atoms. The Balaban J connectivity index is 1.70. The quantitative estimate of drug-likeness (QED) is 0.848. The molecule has 2 aromatic rings.